The van der Waals surface area contributed by atoms with Crippen molar-refractivity contribution in [1.29, 1.82) is 5.26 Å². The van der Waals surface area contributed by atoms with Gasteiger partial charge in [-0.05, 0) is 50.1 Å². The number of pyridine rings is 2. The summed E-state index contributed by atoms with van der Waals surface area (Å²) in [5.74, 6) is -0.680. The van der Waals surface area contributed by atoms with Crippen LogP contribution in [0.1, 0.15) is 41.4 Å². The second-order valence-corrected chi connectivity index (χ2v) is 8.71. The standard InChI is InChI=1S/C23H16ClF4N7/c1-12-16(3-5-19(25)30-12)20(18-11-35(34-33-18)22(6-7-22)23(26,27)28)31-15-2-4-17-13(9-15)8-14(10-29)21(24)32-17/h2-5,8-9,11,20,31H,6-7H2,1H3/t20-/m0/s1. The normalized spacial score (nSPS) is 15.6. The lowest BCUT2D eigenvalue weighted by Crippen LogP contribution is -2.35. The Balaban J connectivity index is 1.57. The largest absolute Gasteiger partial charge is 0.413 e. The van der Waals surface area contributed by atoms with E-state index in [4.69, 9.17) is 11.6 Å². The van der Waals surface area contributed by atoms with Crippen molar-refractivity contribution < 1.29 is 17.6 Å². The summed E-state index contributed by atoms with van der Waals surface area (Å²) in [4.78, 5) is 8.05. The summed E-state index contributed by atoms with van der Waals surface area (Å²) in [6.45, 7) is 1.60. The molecule has 4 aromatic rings. The average Bonchev–Trinajstić information content (AvgIpc) is 3.49. The predicted molar refractivity (Wildman–Crippen MR) is 119 cm³/mol. The predicted octanol–water partition coefficient (Wildman–Crippen LogP) is 5.45. The van der Waals surface area contributed by atoms with E-state index in [0.717, 1.165) is 4.68 Å². The lowest BCUT2D eigenvalue weighted by atomic mass is 10.0. The van der Waals surface area contributed by atoms with E-state index in [1.54, 1.807) is 31.2 Å². The van der Waals surface area contributed by atoms with Gasteiger partial charge in [0.25, 0.3) is 0 Å². The minimum absolute atomic E-state index is 0.0734. The molecule has 1 N–H and O–H groups in total. The molecule has 3 aromatic heterocycles. The summed E-state index contributed by atoms with van der Waals surface area (Å²) < 4.78 is 55.4. The van der Waals surface area contributed by atoms with Crippen LogP contribution < -0.4 is 5.32 Å². The molecule has 0 amide bonds. The molecule has 1 aliphatic rings. The lowest BCUT2D eigenvalue weighted by Gasteiger charge is -2.21. The van der Waals surface area contributed by atoms with Gasteiger partial charge in [-0.25, -0.2) is 14.6 Å². The summed E-state index contributed by atoms with van der Waals surface area (Å²) >= 11 is 6.01. The fourth-order valence-electron chi connectivity index (χ4n) is 4.02. The molecule has 1 aromatic carbocycles. The van der Waals surface area contributed by atoms with Crippen molar-refractivity contribution in [3.05, 3.63) is 76.2 Å². The van der Waals surface area contributed by atoms with Crippen molar-refractivity contribution in [2.75, 3.05) is 5.32 Å². The molecule has 0 unspecified atom stereocenters. The number of benzene rings is 1. The molecule has 7 nitrogen and oxygen atoms in total. The van der Waals surface area contributed by atoms with Crippen LogP contribution in [0.15, 0.2) is 42.6 Å². The first kappa shape index (κ1) is 23.0. The maximum absolute atomic E-state index is 13.7. The van der Waals surface area contributed by atoms with Crippen molar-refractivity contribution in [3.8, 4) is 6.07 Å². The first-order valence-corrected chi connectivity index (χ1v) is 10.9. The van der Waals surface area contributed by atoms with Gasteiger partial charge in [-0.2, -0.15) is 22.8 Å². The van der Waals surface area contributed by atoms with Crippen molar-refractivity contribution in [1.82, 2.24) is 25.0 Å². The van der Waals surface area contributed by atoms with Gasteiger partial charge in [-0.1, -0.05) is 22.9 Å². The Labute approximate surface area is 201 Å². The average molecular weight is 502 g/mol. The molecule has 0 saturated heterocycles. The Hall–Kier alpha value is -3.78. The van der Waals surface area contributed by atoms with Crippen LogP contribution in [-0.4, -0.2) is 31.1 Å². The van der Waals surface area contributed by atoms with E-state index in [1.807, 2.05) is 6.07 Å². The Morgan fingerprint density at radius 2 is 1.94 bits per heavy atom. The Bertz CT molecular complexity index is 1490. The second kappa shape index (κ2) is 8.16. The quantitative estimate of drug-likeness (QED) is 0.289. The minimum atomic E-state index is -4.46. The number of alkyl halides is 3. The number of aryl methyl sites for hydroxylation is 1. The molecule has 178 valence electrons. The maximum atomic E-state index is 13.7. The molecular weight excluding hydrogens is 486 g/mol. The zero-order valence-electron chi connectivity index (χ0n) is 18.1. The number of anilines is 1. The van der Waals surface area contributed by atoms with Gasteiger partial charge in [0.05, 0.1) is 23.3 Å². The maximum Gasteiger partial charge on any atom is 0.413 e. The smallest absolute Gasteiger partial charge is 0.373 e. The van der Waals surface area contributed by atoms with Gasteiger partial charge >= 0.3 is 6.18 Å². The fraction of sp³-hybridized carbons (Fsp3) is 0.261. The third-order valence-electron chi connectivity index (χ3n) is 6.10. The summed E-state index contributed by atoms with van der Waals surface area (Å²) in [7, 11) is 0. The fourth-order valence-corrected chi connectivity index (χ4v) is 4.21. The van der Waals surface area contributed by atoms with Crippen molar-refractivity contribution in [2.45, 2.75) is 37.5 Å². The zero-order valence-corrected chi connectivity index (χ0v) is 18.9. The Morgan fingerprint density at radius 1 is 1.17 bits per heavy atom. The number of halogens is 5. The van der Waals surface area contributed by atoms with E-state index in [1.165, 1.54) is 18.3 Å². The highest BCUT2D eigenvalue weighted by atomic mass is 35.5. The molecule has 5 rings (SSSR count). The van der Waals surface area contributed by atoms with E-state index < -0.39 is 23.7 Å². The van der Waals surface area contributed by atoms with Crippen LogP contribution >= 0.6 is 11.6 Å². The van der Waals surface area contributed by atoms with E-state index in [9.17, 15) is 22.8 Å². The molecule has 0 radical (unpaired) electrons. The van der Waals surface area contributed by atoms with Gasteiger partial charge in [-0.3, -0.25) is 0 Å². The first-order chi connectivity index (χ1) is 16.6. The second-order valence-electron chi connectivity index (χ2n) is 8.35. The summed E-state index contributed by atoms with van der Waals surface area (Å²) in [5, 5.41) is 21.0. The summed E-state index contributed by atoms with van der Waals surface area (Å²) in [6, 6.07) is 10.6. The third kappa shape index (κ3) is 4.04. The van der Waals surface area contributed by atoms with E-state index >= 15 is 0 Å². The van der Waals surface area contributed by atoms with Crippen LogP contribution in [0.4, 0.5) is 23.2 Å². The van der Waals surface area contributed by atoms with E-state index in [-0.39, 0.29) is 29.3 Å². The highest BCUT2D eigenvalue weighted by molar-refractivity contribution is 6.31. The summed E-state index contributed by atoms with van der Waals surface area (Å²) in [5.41, 5.74) is 0.339. The van der Waals surface area contributed by atoms with Crippen molar-refractivity contribution in [2.24, 2.45) is 0 Å². The molecule has 3 heterocycles. The zero-order chi connectivity index (χ0) is 25.0. The topological polar surface area (TPSA) is 92.3 Å². The Morgan fingerprint density at radius 3 is 2.60 bits per heavy atom. The monoisotopic (exact) mass is 501 g/mol. The number of fused-ring (bicyclic) bond motifs is 1. The number of nitrogens with one attached hydrogen (secondary N) is 1. The summed E-state index contributed by atoms with van der Waals surface area (Å²) in [6.07, 6.45) is -3.34. The lowest BCUT2D eigenvalue weighted by molar-refractivity contribution is -0.182. The van der Waals surface area contributed by atoms with E-state index in [2.05, 4.69) is 25.6 Å². The Kier molecular flexibility index (Phi) is 5.36. The number of hydrogen-bond donors (Lipinski definition) is 1. The van der Waals surface area contributed by atoms with E-state index in [0.29, 0.717) is 27.8 Å². The molecule has 1 atom stereocenters. The highest BCUT2D eigenvalue weighted by Crippen LogP contribution is 2.55. The molecule has 1 saturated carbocycles. The van der Waals surface area contributed by atoms with Gasteiger partial charge in [0.2, 0.25) is 5.95 Å². The number of nitriles is 1. The molecule has 0 bridgehead atoms. The van der Waals surface area contributed by atoms with Crippen LogP contribution in [0.2, 0.25) is 5.15 Å². The van der Waals surface area contributed by atoms with Crippen LogP contribution in [0.5, 0.6) is 0 Å². The first-order valence-electron chi connectivity index (χ1n) is 10.5. The van der Waals surface area contributed by atoms with Gasteiger partial charge in [0, 0.05) is 22.3 Å². The molecule has 0 aliphatic heterocycles. The van der Waals surface area contributed by atoms with Gasteiger partial charge in [0.15, 0.2) is 5.54 Å². The molecule has 1 aliphatic carbocycles. The van der Waals surface area contributed by atoms with Crippen molar-refractivity contribution >= 4 is 28.2 Å². The highest BCUT2D eigenvalue weighted by Gasteiger charge is 2.66. The van der Waals surface area contributed by atoms with Gasteiger partial charge in [0.1, 0.15) is 16.9 Å². The molecule has 12 heteroatoms. The molecule has 0 spiro atoms. The van der Waals surface area contributed by atoms with Crippen LogP contribution in [-0.2, 0) is 5.54 Å². The van der Waals surface area contributed by atoms with Gasteiger partial charge in [-0.15, -0.1) is 5.10 Å². The number of rotatable bonds is 5. The third-order valence-corrected chi connectivity index (χ3v) is 6.39. The van der Waals surface area contributed by atoms with Crippen LogP contribution in [0.3, 0.4) is 0 Å². The van der Waals surface area contributed by atoms with Crippen LogP contribution in [0, 0.1) is 24.2 Å². The molecule has 1 fully saturated rings. The number of aromatic nitrogens is 5. The van der Waals surface area contributed by atoms with Crippen LogP contribution in [0.25, 0.3) is 10.9 Å². The molecular formula is C23H16ClF4N7. The number of nitrogens with zero attached hydrogens (tertiary/aromatic N) is 6. The minimum Gasteiger partial charge on any atom is -0.373 e. The van der Waals surface area contributed by atoms with Crippen molar-refractivity contribution in [3.63, 3.8) is 0 Å². The van der Waals surface area contributed by atoms with Gasteiger partial charge < -0.3 is 5.32 Å². The molecule has 35 heavy (non-hydrogen) atoms. The SMILES string of the molecule is Cc1nc(F)ccc1[C@H](Nc1ccc2nc(Cl)c(C#N)cc2c1)c1cn(C2(C(F)(F)F)CC2)nn1. The number of hydrogen-bond acceptors (Lipinski definition) is 6.